The Morgan fingerprint density at radius 3 is 2.85 bits per heavy atom. The molecule has 1 fully saturated rings. The van der Waals surface area contributed by atoms with Crippen LogP contribution < -0.4 is 15.8 Å². The van der Waals surface area contributed by atoms with Crippen molar-refractivity contribution >= 4 is 17.3 Å². The Kier molecular flexibility index (Phi) is 4.49. The molecule has 1 aliphatic rings. The Labute approximate surface area is 120 Å². The lowest BCUT2D eigenvalue weighted by Gasteiger charge is -2.20. The molecule has 0 aromatic heterocycles. The summed E-state index contributed by atoms with van der Waals surface area (Å²) in [6.07, 6.45) is 1.15. The molecule has 110 valence electrons. The largest absolute Gasteiger partial charge is 0.495 e. The maximum atomic E-state index is 12.2. The molecule has 1 aromatic rings. The van der Waals surface area contributed by atoms with Crippen molar-refractivity contribution in [2.75, 3.05) is 31.2 Å². The molecule has 20 heavy (non-hydrogen) atoms. The van der Waals surface area contributed by atoms with Crippen LogP contribution in [0.2, 0.25) is 0 Å². The highest BCUT2D eigenvalue weighted by Gasteiger charge is 2.27. The van der Waals surface area contributed by atoms with E-state index in [4.69, 9.17) is 10.5 Å². The van der Waals surface area contributed by atoms with E-state index in [1.165, 1.54) is 0 Å². The monoisotopic (exact) mass is 277 g/mol. The van der Waals surface area contributed by atoms with Crippen LogP contribution in [0.15, 0.2) is 18.2 Å². The van der Waals surface area contributed by atoms with Gasteiger partial charge in [0.2, 0.25) is 5.91 Å². The number of benzene rings is 1. The van der Waals surface area contributed by atoms with Gasteiger partial charge in [0.05, 0.1) is 19.3 Å². The number of nitrogen functional groups attached to an aromatic ring is 1. The summed E-state index contributed by atoms with van der Waals surface area (Å²) in [5, 5.41) is 2.88. The molecule has 0 spiro atoms. The number of amides is 1. The third-order valence-electron chi connectivity index (χ3n) is 3.76. The molecule has 5 nitrogen and oxygen atoms in total. The molecule has 2 rings (SSSR count). The number of nitrogens with two attached hydrogens (primary N) is 1. The molecule has 2 unspecified atom stereocenters. The van der Waals surface area contributed by atoms with Gasteiger partial charge in [0, 0.05) is 18.3 Å². The molecule has 1 heterocycles. The van der Waals surface area contributed by atoms with Crippen LogP contribution in [-0.2, 0) is 4.79 Å². The second-order valence-electron chi connectivity index (χ2n) is 5.63. The van der Waals surface area contributed by atoms with Crippen molar-refractivity contribution in [3.8, 4) is 5.75 Å². The predicted molar refractivity (Wildman–Crippen MR) is 80.9 cm³/mol. The van der Waals surface area contributed by atoms with Gasteiger partial charge in [0.1, 0.15) is 5.75 Å². The summed E-state index contributed by atoms with van der Waals surface area (Å²) in [6, 6.07) is 5.68. The summed E-state index contributed by atoms with van der Waals surface area (Å²) in [5.41, 5.74) is 6.97. The van der Waals surface area contributed by atoms with Gasteiger partial charge in [0.15, 0.2) is 0 Å². The first-order chi connectivity index (χ1) is 9.49. The molecule has 2 atom stereocenters. The van der Waals surface area contributed by atoms with E-state index in [1.54, 1.807) is 25.3 Å². The molecule has 0 aliphatic carbocycles. The topological polar surface area (TPSA) is 67.6 Å². The van der Waals surface area contributed by atoms with Gasteiger partial charge in [-0.1, -0.05) is 6.92 Å². The van der Waals surface area contributed by atoms with Crippen molar-refractivity contribution in [3.05, 3.63) is 18.2 Å². The van der Waals surface area contributed by atoms with E-state index in [1.807, 2.05) is 0 Å². The third-order valence-corrected chi connectivity index (χ3v) is 3.76. The second kappa shape index (κ2) is 6.13. The SMILES string of the molecule is COc1ccc(N)cc1NC(=O)CN1CC(C)CC1C. The van der Waals surface area contributed by atoms with Crippen LogP contribution in [0.4, 0.5) is 11.4 Å². The van der Waals surface area contributed by atoms with Crippen molar-refractivity contribution in [2.45, 2.75) is 26.3 Å². The van der Waals surface area contributed by atoms with Crippen LogP contribution >= 0.6 is 0 Å². The van der Waals surface area contributed by atoms with Gasteiger partial charge in [-0.15, -0.1) is 0 Å². The first kappa shape index (κ1) is 14.7. The average molecular weight is 277 g/mol. The molecular weight excluding hydrogens is 254 g/mol. The second-order valence-corrected chi connectivity index (χ2v) is 5.63. The van der Waals surface area contributed by atoms with E-state index in [0.29, 0.717) is 35.6 Å². The maximum Gasteiger partial charge on any atom is 0.238 e. The van der Waals surface area contributed by atoms with E-state index >= 15 is 0 Å². The standard InChI is InChI=1S/C15H23N3O2/c1-10-6-11(2)18(8-10)9-15(19)17-13-7-12(16)4-5-14(13)20-3/h4-5,7,10-11H,6,8-9,16H2,1-3H3,(H,17,19). The summed E-state index contributed by atoms with van der Waals surface area (Å²) in [4.78, 5) is 14.4. The van der Waals surface area contributed by atoms with Crippen LogP contribution in [-0.4, -0.2) is 37.0 Å². The number of ether oxygens (including phenoxy) is 1. The van der Waals surface area contributed by atoms with Gasteiger partial charge in [-0.05, 0) is 37.5 Å². The van der Waals surface area contributed by atoms with E-state index in [0.717, 1.165) is 13.0 Å². The molecule has 5 heteroatoms. The Hall–Kier alpha value is -1.75. The van der Waals surface area contributed by atoms with E-state index in [2.05, 4.69) is 24.1 Å². The highest BCUT2D eigenvalue weighted by molar-refractivity contribution is 5.94. The van der Waals surface area contributed by atoms with Crippen molar-refractivity contribution < 1.29 is 9.53 Å². The molecular formula is C15H23N3O2. The van der Waals surface area contributed by atoms with Gasteiger partial charge in [-0.25, -0.2) is 0 Å². The van der Waals surface area contributed by atoms with Crippen LogP contribution in [0.3, 0.4) is 0 Å². The fourth-order valence-electron chi connectivity index (χ4n) is 2.80. The number of hydrogen-bond donors (Lipinski definition) is 2. The number of nitrogens with zero attached hydrogens (tertiary/aromatic N) is 1. The summed E-state index contributed by atoms with van der Waals surface area (Å²) < 4.78 is 5.23. The van der Waals surface area contributed by atoms with E-state index in [9.17, 15) is 4.79 Å². The van der Waals surface area contributed by atoms with Crippen molar-refractivity contribution in [1.82, 2.24) is 4.90 Å². The molecule has 3 N–H and O–H groups in total. The minimum absolute atomic E-state index is 0.0325. The Balaban J connectivity index is 1.99. The quantitative estimate of drug-likeness (QED) is 0.825. The highest BCUT2D eigenvalue weighted by atomic mass is 16.5. The first-order valence-corrected chi connectivity index (χ1v) is 6.97. The molecule has 0 radical (unpaired) electrons. The lowest BCUT2D eigenvalue weighted by Crippen LogP contribution is -2.35. The van der Waals surface area contributed by atoms with Gasteiger partial charge >= 0.3 is 0 Å². The minimum Gasteiger partial charge on any atom is -0.495 e. The number of hydrogen-bond acceptors (Lipinski definition) is 4. The molecule has 1 aliphatic heterocycles. The molecule has 1 aromatic carbocycles. The van der Waals surface area contributed by atoms with Gasteiger partial charge in [-0.3, -0.25) is 9.69 Å². The summed E-state index contributed by atoms with van der Waals surface area (Å²) in [5.74, 6) is 1.24. The minimum atomic E-state index is -0.0325. The number of likely N-dealkylation sites (tertiary alicyclic amines) is 1. The average Bonchev–Trinajstić information content (AvgIpc) is 2.68. The maximum absolute atomic E-state index is 12.2. The number of rotatable bonds is 4. The zero-order valence-electron chi connectivity index (χ0n) is 12.3. The van der Waals surface area contributed by atoms with Crippen LogP contribution in [0.1, 0.15) is 20.3 Å². The molecule has 1 amide bonds. The Morgan fingerprint density at radius 1 is 1.50 bits per heavy atom. The fraction of sp³-hybridized carbons (Fsp3) is 0.533. The fourth-order valence-corrected chi connectivity index (χ4v) is 2.80. The number of carbonyl (C=O) groups excluding carboxylic acids is 1. The lowest BCUT2D eigenvalue weighted by atomic mass is 10.1. The van der Waals surface area contributed by atoms with Crippen molar-refractivity contribution in [1.29, 1.82) is 0 Å². The van der Waals surface area contributed by atoms with Crippen LogP contribution in [0.5, 0.6) is 5.75 Å². The predicted octanol–water partition coefficient (Wildman–Crippen LogP) is 1.95. The Morgan fingerprint density at radius 2 is 2.25 bits per heavy atom. The summed E-state index contributed by atoms with van der Waals surface area (Å²) in [7, 11) is 1.57. The van der Waals surface area contributed by atoms with Crippen LogP contribution in [0.25, 0.3) is 0 Å². The van der Waals surface area contributed by atoms with Gasteiger partial charge in [0.25, 0.3) is 0 Å². The number of anilines is 2. The third kappa shape index (κ3) is 3.42. The normalized spacial score (nSPS) is 22.8. The zero-order valence-corrected chi connectivity index (χ0v) is 12.3. The number of carbonyl (C=O) groups is 1. The van der Waals surface area contributed by atoms with E-state index in [-0.39, 0.29) is 5.91 Å². The molecule has 0 saturated carbocycles. The van der Waals surface area contributed by atoms with Crippen LogP contribution in [0, 0.1) is 5.92 Å². The smallest absolute Gasteiger partial charge is 0.238 e. The molecule has 0 bridgehead atoms. The zero-order chi connectivity index (χ0) is 14.7. The van der Waals surface area contributed by atoms with Crippen molar-refractivity contribution in [3.63, 3.8) is 0 Å². The Bertz CT molecular complexity index is 490. The van der Waals surface area contributed by atoms with Gasteiger partial charge < -0.3 is 15.8 Å². The number of methoxy groups -OCH3 is 1. The van der Waals surface area contributed by atoms with E-state index < -0.39 is 0 Å². The first-order valence-electron chi connectivity index (χ1n) is 6.97. The molecule has 1 saturated heterocycles. The summed E-state index contributed by atoms with van der Waals surface area (Å²) >= 11 is 0. The lowest BCUT2D eigenvalue weighted by molar-refractivity contribution is -0.117. The highest BCUT2D eigenvalue weighted by Crippen LogP contribution is 2.27. The van der Waals surface area contributed by atoms with Crippen molar-refractivity contribution in [2.24, 2.45) is 5.92 Å². The summed E-state index contributed by atoms with van der Waals surface area (Å²) in [6.45, 7) is 5.76. The van der Waals surface area contributed by atoms with Gasteiger partial charge in [-0.2, -0.15) is 0 Å². The number of nitrogens with one attached hydrogen (secondary N) is 1.